The summed E-state index contributed by atoms with van der Waals surface area (Å²) in [6.45, 7) is 4.86. The highest BCUT2D eigenvalue weighted by atomic mass is 35.5. The van der Waals surface area contributed by atoms with E-state index in [9.17, 15) is 5.11 Å². The number of piperazine rings is 1. The minimum absolute atomic E-state index is 0.698. The number of aromatic nitrogens is 2. The minimum Gasteiger partial charge on any atom is -0.497 e. The first-order valence-corrected chi connectivity index (χ1v) is 10.6. The molecule has 1 fully saturated rings. The van der Waals surface area contributed by atoms with Crippen LogP contribution in [0.1, 0.15) is 12.5 Å². The monoisotopic (exact) mass is 430 g/mol. The minimum atomic E-state index is -1.03. The van der Waals surface area contributed by atoms with Crippen LogP contribution in [-0.4, -0.2) is 52.7 Å². The summed E-state index contributed by atoms with van der Waals surface area (Å²) in [4.78, 5) is 9.00. The molecule has 1 aromatic heterocycles. The van der Waals surface area contributed by atoms with Gasteiger partial charge in [0.2, 0.25) is 5.13 Å². The summed E-state index contributed by atoms with van der Waals surface area (Å²) >= 11 is 7.36. The van der Waals surface area contributed by atoms with Gasteiger partial charge in [-0.25, -0.2) is 0 Å². The molecule has 1 atom stereocenters. The molecule has 1 N–H and O–H groups in total. The number of halogens is 1. The maximum Gasteiger partial charge on any atom is 0.205 e. The third-order valence-corrected chi connectivity index (χ3v) is 6.35. The summed E-state index contributed by atoms with van der Waals surface area (Å²) < 4.78 is 9.70. The Kier molecular flexibility index (Phi) is 5.74. The van der Waals surface area contributed by atoms with Gasteiger partial charge >= 0.3 is 0 Å². The molecule has 3 aromatic rings. The fourth-order valence-corrected chi connectivity index (χ4v) is 4.35. The molecule has 1 aliphatic rings. The van der Waals surface area contributed by atoms with Crippen LogP contribution in [0.15, 0.2) is 48.5 Å². The fraction of sp³-hybridized carbons (Fsp3) is 0.333. The van der Waals surface area contributed by atoms with Crippen LogP contribution in [0.2, 0.25) is 5.02 Å². The lowest BCUT2D eigenvalue weighted by Crippen LogP contribution is -2.54. The number of anilines is 1. The Balaban J connectivity index is 1.42. The van der Waals surface area contributed by atoms with Crippen LogP contribution in [0.5, 0.6) is 5.75 Å². The van der Waals surface area contributed by atoms with Gasteiger partial charge in [-0.1, -0.05) is 23.7 Å². The third-order valence-electron chi connectivity index (χ3n) is 5.32. The second-order valence-corrected chi connectivity index (χ2v) is 8.30. The van der Waals surface area contributed by atoms with E-state index in [0.29, 0.717) is 10.8 Å². The Labute approximate surface area is 179 Å². The lowest BCUT2D eigenvalue weighted by Gasteiger charge is -2.42. The Hall–Kier alpha value is -2.19. The number of aliphatic hydroxyl groups is 1. The van der Waals surface area contributed by atoms with E-state index in [1.165, 1.54) is 11.5 Å². The first-order chi connectivity index (χ1) is 14.0. The van der Waals surface area contributed by atoms with Gasteiger partial charge in [0.15, 0.2) is 5.82 Å². The molecule has 8 heteroatoms. The van der Waals surface area contributed by atoms with Crippen LogP contribution in [0.4, 0.5) is 5.13 Å². The van der Waals surface area contributed by atoms with E-state index in [2.05, 4.69) is 14.2 Å². The zero-order chi connectivity index (χ0) is 20.4. The predicted molar refractivity (Wildman–Crippen MR) is 117 cm³/mol. The average molecular weight is 431 g/mol. The molecule has 4 rings (SSSR count). The molecule has 2 heterocycles. The summed E-state index contributed by atoms with van der Waals surface area (Å²) in [6.07, 6.45) is 0. The van der Waals surface area contributed by atoms with Crippen molar-refractivity contribution >= 4 is 28.3 Å². The van der Waals surface area contributed by atoms with Crippen molar-refractivity contribution in [1.82, 2.24) is 14.3 Å². The zero-order valence-electron chi connectivity index (χ0n) is 16.4. The van der Waals surface area contributed by atoms with Gasteiger partial charge in [-0.15, -0.1) is 0 Å². The summed E-state index contributed by atoms with van der Waals surface area (Å²) in [5.41, 5.74) is 0.777. The quantitative estimate of drug-likeness (QED) is 0.663. The Bertz CT molecular complexity index is 952. The van der Waals surface area contributed by atoms with E-state index >= 15 is 0 Å². The molecule has 0 amide bonds. The van der Waals surface area contributed by atoms with Gasteiger partial charge in [0.25, 0.3) is 0 Å². The molecule has 0 radical (unpaired) electrons. The molecule has 1 aliphatic heterocycles. The van der Waals surface area contributed by atoms with Gasteiger partial charge in [-0.05, 0) is 48.9 Å². The summed E-state index contributed by atoms with van der Waals surface area (Å²) in [5, 5.41) is 12.7. The third kappa shape index (κ3) is 4.23. The highest BCUT2D eigenvalue weighted by Gasteiger charge is 2.34. The number of rotatable bonds is 5. The van der Waals surface area contributed by atoms with Crippen molar-refractivity contribution in [3.63, 3.8) is 0 Å². The summed E-state index contributed by atoms with van der Waals surface area (Å²) in [5.74, 6) is 1.50. The summed E-state index contributed by atoms with van der Waals surface area (Å²) in [6, 6.07) is 15.1. The number of nitrogens with zero attached hydrogens (tertiary/aromatic N) is 4. The van der Waals surface area contributed by atoms with Crippen molar-refractivity contribution in [2.45, 2.75) is 12.6 Å². The Morgan fingerprint density at radius 3 is 2.31 bits per heavy atom. The van der Waals surface area contributed by atoms with Crippen molar-refractivity contribution in [3.05, 3.63) is 59.1 Å². The molecule has 0 spiro atoms. The normalized spacial score (nSPS) is 17.2. The smallest absolute Gasteiger partial charge is 0.205 e. The van der Waals surface area contributed by atoms with Gasteiger partial charge in [0.1, 0.15) is 11.5 Å². The van der Waals surface area contributed by atoms with E-state index in [1.807, 2.05) is 55.5 Å². The van der Waals surface area contributed by atoms with Crippen molar-refractivity contribution in [2.24, 2.45) is 0 Å². The molecule has 2 aromatic carbocycles. The van der Waals surface area contributed by atoms with Crippen LogP contribution in [0.25, 0.3) is 11.4 Å². The van der Waals surface area contributed by atoms with Gasteiger partial charge in [0, 0.05) is 48.3 Å². The van der Waals surface area contributed by atoms with Gasteiger partial charge in [-0.3, -0.25) is 4.90 Å². The van der Waals surface area contributed by atoms with E-state index in [4.69, 9.17) is 21.3 Å². The van der Waals surface area contributed by atoms with E-state index < -0.39 is 5.72 Å². The molecular weight excluding hydrogens is 408 g/mol. The number of benzene rings is 2. The molecule has 1 unspecified atom stereocenters. The first-order valence-electron chi connectivity index (χ1n) is 9.44. The molecule has 1 saturated heterocycles. The standard InChI is InChI=1S/C21H23ClN4O2S/c1-21(27,16-5-9-18(28-2)10-6-16)26-13-11-25(12-14-26)20-23-19(24-29-20)15-3-7-17(22)8-4-15/h3-10,27H,11-14H2,1-2H3. The number of ether oxygens (including phenoxy) is 1. The van der Waals surface area contributed by atoms with Gasteiger partial charge in [0.05, 0.1) is 7.11 Å². The molecule has 0 aliphatic carbocycles. The highest BCUT2D eigenvalue weighted by Crippen LogP contribution is 2.30. The summed E-state index contributed by atoms with van der Waals surface area (Å²) in [7, 11) is 1.64. The first kappa shape index (κ1) is 20.1. The van der Waals surface area contributed by atoms with E-state index in [1.54, 1.807) is 7.11 Å². The van der Waals surface area contributed by atoms with E-state index in [-0.39, 0.29) is 0 Å². The second kappa shape index (κ2) is 8.28. The van der Waals surface area contributed by atoms with Gasteiger partial charge < -0.3 is 14.7 Å². The maximum atomic E-state index is 11.1. The van der Waals surface area contributed by atoms with Crippen LogP contribution < -0.4 is 9.64 Å². The second-order valence-electron chi connectivity index (χ2n) is 7.13. The number of hydrogen-bond acceptors (Lipinski definition) is 7. The zero-order valence-corrected chi connectivity index (χ0v) is 18.0. The van der Waals surface area contributed by atoms with Crippen molar-refractivity contribution < 1.29 is 9.84 Å². The van der Waals surface area contributed by atoms with Crippen LogP contribution in [-0.2, 0) is 5.72 Å². The average Bonchev–Trinajstić information content (AvgIpc) is 3.24. The lowest BCUT2D eigenvalue weighted by atomic mass is 10.0. The van der Waals surface area contributed by atoms with Crippen molar-refractivity contribution in [3.8, 4) is 17.1 Å². The molecule has 152 valence electrons. The van der Waals surface area contributed by atoms with Crippen molar-refractivity contribution in [1.29, 1.82) is 0 Å². The molecule has 29 heavy (non-hydrogen) atoms. The number of hydrogen-bond donors (Lipinski definition) is 1. The predicted octanol–water partition coefficient (Wildman–Crippen LogP) is 3.85. The molecular formula is C21H23ClN4O2S. The Morgan fingerprint density at radius 1 is 1.03 bits per heavy atom. The fourth-order valence-electron chi connectivity index (χ4n) is 3.48. The topological polar surface area (TPSA) is 61.7 Å². The molecule has 0 bridgehead atoms. The SMILES string of the molecule is COc1ccc(C(C)(O)N2CCN(c3nc(-c4ccc(Cl)cc4)ns3)CC2)cc1. The van der Waals surface area contributed by atoms with Crippen LogP contribution >= 0.6 is 23.1 Å². The largest absolute Gasteiger partial charge is 0.497 e. The van der Waals surface area contributed by atoms with Crippen LogP contribution in [0, 0.1) is 0 Å². The van der Waals surface area contributed by atoms with Crippen molar-refractivity contribution in [2.75, 3.05) is 38.2 Å². The Morgan fingerprint density at radius 2 is 1.69 bits per heavy atom. The van der Waals surface area contributed by atoms with Crippen LogP contribution in [0.3, 0.4) is 0 Å². The van der Waals surface area contributed by atoms with Gasteiger partial charge in [-0.2, -0.15) is 9.36 Å². The molecule has 0 saturated carbocycles. The lowest BCUT2D eigenvalue weighted by molar-refractivity contribution is -0.103. The molecule has 6 nitrogen and oxygen atoms in total. The maximum absolute atomic E-state index is 11.1. The van der Waals surface area contributed by atoms with E-state index in [0.717, 1.165) is 48.2 Å². The number of methoxy groups -OCH3 is 1. The highest BCUT2D eigenvalue weighted by molar-refractivity contribution is 7.09.